The maximum atomic E-state index is 14.1. The largest absolute Gasteiger partial charge is 0.395 e. The van der Waals surface area contributed by atoms with E-state index in [1.165, 1.54) is 13.0 Å². The van der Waals surface area contributed by atoms with E-state index >= 15 is 0 Å². The maximum Gasteiger partial charge on any atom is 0.249 e. The van der Waals surface area contributed by atoms with E-state index in [0.29, 0.717) is 14.3 Å². The Labute approximate surface area is 166 Å². The third-order valence-corrected chi connectivity index (χ3v) is 6.80. The summed E-state index contributed by atoms with van der Waals surface area (Å²) in [5, 5.41) is 9.53. The molecule has 154 valence electrons. The lowest BCUT2D eigenvalue weighted by atomic mass is 10.2. The minimum atomic E-state index is -5.21. The minimum absolute atomic E-state index is 0.0234. The van der Waals surface area contributed by atoms with Crippen molar-refractivity contribution in [3.05, 3.63) is 63.4 Å². The molecule has 2 aromatic rings. The Kier molecular flexibility index (Phi) is 7.18. The maximum absolute atomic E-state index is 14.1. The van der Waals surface area contributed by atoms with E-state index in [1.807, 2.05) is 0 Å². The number of hydrogen-bond acceptors (Lipinski definition) is 3. The molecule has 11 heteroatoms. The van der Waals surface area contributed by atoms with E-state index in [-0.39, 0.29) is 6.42 Å². The van der Waals surface area contributed by atoms with Crippen molar-refractivity contribution in [3.8, 4) is 0 Å². The van der Waals surface area contributed by atoms with Gasteiger partial charge in [0.2, 0.25) is 15.8 Å². The number of benzene rings is 2. The summed E-state index contributed by atoms with van der Waals surface area (Å²) in [6.07, 6.45) is 0.0234. The predicted molar refractivity (Wildman–Crippen MR) is 94.3 cm³/mol. The Morgan fingerprint density at radius 2 is 1.50 bits per heavy atom. The summed E-state index contributed by atoms with van der Waals surface area (Å²) in [5.74, 6) is -12.1. The van der Waals surface area contributed by atoms with E-state index in [2.05, 4.69) is 15.9 Å². The zero-order valence-electron chi connectivity index (χ0n) is 14.4. The average molecular weight is 488 g/mol. The van der Waals surface area contributed by atoms with Crippen LogP contribution in [0.2, 0.25) is 0 Å². The summed E-state index contributed by atoms with van der Waals surface area (Å²) in [7, 11) is -5.21. The number of hydrogen-bond donors (Lipinski definition) is 1. The average Bonchev–Trinajstić information content (AvgIpc) is 2.66. The molecular formula is C17H15BrF5NO3S. The van der Waals surface area contributed by atoms with E-state index in [0.717, 1.165) is 0 Å². The molecule has 0 bridgehead atoms. The fourth-order valence-electron chi connectivity index (χ4n) is 2.56. The summed E-state index contributed by atoms with van der Waals surface area (Å²) in [6.45, 7) is 0.305. The molecule has 0 saturated carbocycles. The van der Waals surface area contributed by atoms with E-state index in [4.69, 9.17) is 0 Å². The molecule has 0 radical (unpaired) electrons. The van der Waals surface area contributed by atoms with Crippen LogP contribution < -0.4 is 0 Å². The van der Waals surface area contributed by atoms with Gasteiger partial charge in [-0.1, -0.05) is 41.1 Å². The van der Waals surface area contributed by atoms with Crippen molar-refractivity contribution in [3.63, 3.8) is 0 Å². The van der Waals surface area contributed by atoms with E-state index < -0.39 is 63.2 Å². The number of rotatable bonds is 7. The molecule has 0 aliphatic heterocycles. The quantitative estimate of drug-likeness (QED) is 0.363. The Balaban J connectivity index is 2.71. The number of sulfonamides is 1. The van der Waals surface area contributed by atoms with Crippen LogP contribution in [0.1, 0.15) is 18.9 Å². The first kappa shape index (κ1) is 22.7. The Hall–Kier alpha value is -1.56. The van der Waals surface area contributed by atoms with E-state index in [1.54, 1.807) is 18.2 Å². The SMILES string of the molecule is CCC(CO)N(Cc1ccccc1Br)S(=O)(=O)c1c(F)c(F)c(F)c(F)c1F. The van der Waals surface area contributed by atoms with Crippen molar-refractivity contribution in [2.24, 2.45) is 0 Å². The first-order valence-corrected chi connectivity index (χ1v) is 10.2. The van der Waals surface area contributed by atoms with Crippen LogP contribution in [0.25, 0.3) is 0 Å². The molecule has 0 saturated heterocycles. The van der Waals surface area contributed by atoms with Crippen molar-refractivity contribution >= 4 is 26.0 Å². The Morgan fingerprint density at radius 3 is 1.96 bits per heavy atom. The molecule has 4 nitrogen and oxygen atoms in total. The van der Waals surface area contributed by atoms with Gasteiger partial charge in [-0.2, -0.15) is 4.31 Å². The summed E-state index contributed by atoms with van der Waals surface area (Å²) >= 11 is 3.20. The number of aliphatic hydroxyl groups is 1. The molecule has 0 aliphatic carbocycles. The fourth-order valence-corrected chi connectivity index (χ4v) is 4.75. The summed E-state index contributed by atoms with van der Waals surface area (Å²) in [5.41, 5.74) is 0.363. The second kappa shape index (κ2) is 8.85. The third-order valence-electron chi connectivity index (χ3n) is 4.11. The van der Waals surface area contributed by atoms with Gasteiger partial charge in [0.05, 0.1) is 6.61 Å². The lowest BCUT2D eigenvalue weighted by Crippen LogP contribution is -2.42. The van der Waals surface area contributed by atoms with Gasteiger partial charge in [-0.15, -0.1) is 0 Å². The molecule has 0 spiro atoms. The highest BCUT2D eigenvalue weighted by molar-refractivity contribution is 9.10. The standard InChI is InChI=1S/C17H15BrF5NO3S/c1-2-10(8-25)24(7-9-5-3-4-6-11(9)18)28(26,27)17-15(22)13(20)12(19)14(21)16(17)23/h3-6,10,25H,2,7-8H2,1H3. The van der Waals surface area contributed by atoms with Crippen LogP contribution >= 0.6 is 15.9 Å². The Morgan fingerprint density at radius 1 is 1.00 bits per heavy atom. The highest BCUT2D eigenvalue weighted by atomic mass is 79.9. The molecule has 0 amide bonds. The molecule has 1 N–H and O–H groups in total. The van der Waals surface area contributed by atoms with Crippen molar-refractivity contribution in [1.29, 1.82) is 0 Å². The molecule has 2 rings (SSSR count). The summed E-state index contributed by atoms with van der Waals surface area (Å²) < 4.78 is 95.5. The highest BCUT2D eigenvalue weighted by Crippen LogP contribution is 2.32. The van der Waals surface area contributed by atoms with Gasteiger partial charge < -0.3 is 5.11 Å². The number of halogens is 6. The van der Waals surface area contributed by atoms with Gasteiger partial charge in [-0.05, 0) is 18.1 Å². The first-order chi connectivity index (χ1) is 13.1. The van der Waals surface area contributed by atoms with Crippen LogP contribution in [-0.2, 0) is 16.6 Å². The third kappa shape index (κ3) is 4.07. The van der Waals surface area contributed by atoms with Gasteiger partial charge in [0.1, 0.15) is 0 Å². The number of nitrogens with zero attached hydrogens (tertiary/aromatic N) is 1. The molecule has 0 aliphatic rings. The predicted octanol–water partition coefficient (Wildman–Crippen LogP) is 4.11. The molecule has 0 fully saturated rings. The highest BCUT2D eigenvalue weighted by Gasteiger charge is 2.39. The second-order valence-corrected chi connectivity index (χ2v) is 8.47. The van der Waals surface area contributed by atoms with Crippen molar-refractivity contribution in [2.45, 2.75) is 30.8 Å². The van der Waals surface area contributed by atoms with Gasteiger partial charge >= 0.3 is 0 Å². The number of aliphatic hydroxyl groups excluding tert-OH is 1. The van der Waals surface area contributed by atoms with Crippen molar-refractivity contribution < 1.29 is 35.5 Å². The molecule has 28 heavy (non-hydrogen) atoms. The zero-order chi connectivity index (χ0) is 21.2. The van der Waals surface area contributed by atoms with Crippen LogP contribution in [0, 0.1) is 29.1 Å². The fraction of sp³-hybridized carbons (Fsp3) is 0.294. The van der Waals surface area contributed by atoms with Crippen LogP contribution in [0.15, 0.2) is 33.6 Å². The van der Waals surface area contributed by atoms with Crippen molar-refractivity contribution in [1.82, 2.24) is 4.31 Å². The van der Waals surface area contributed by atoms with Crippen LogP contribution in [0.5, 0.6) is 0 Å². The molecule has 2 aromatic carbocycles. The molecule has 1 unspecified atom stereocenters. The molecular weight excluding hydrogens is 473 g/mol. The van der Waals surface area contributed by atoms with Gasteiger partial charge in [0.25, 0.3) is 0 Å². The molecule has 1 atom stereocenters. The Bertz CT molecular complexity index is 954. The van der Waals surface area contributed by atoms with E-state index in [9.17, 15) is 35.5 Å². The second-order valence-electron chi connectivity index (χ2n) is 5.79. The van der Waals surface area contributed by atoms with Gasteiger partial charge in [-0.3, -0.25) is 0 Å². The van der Waals surface area contributed by atoms with Crippen LogP contribution in [0.3, 0.4) is 0 Å². The lowest BCUT2D eigenvalue weighted by molar-refractivity contribution is 0.178. The normalized spacial score (nSPS) is 13.2. The molecule has 0 aromatic heterocycles. The van der Waals surface area contributed by atoms with Crippen molar-refractivity contribution in [2.75, 3.05) is 6.61 Å². The zero-order valence-corrected chi connectivity index (χ0v) is 16.8. The monoisotopic (exact) mass is 487 g/mol. The van der Waals surface area contributed by atoms with Gasteiger partial charge in [0.15, 0.2) is 28.2 Å². The van der Waals surface area contributed by atoms with Gasteiger partial charge in [0, 0.05) is 17.1 Å². The molecule has 0 heterocycles. The summed E-state index contributed by atoms with van der Waals surface area (Å²) in [6, 6.07) is 5.14. The minimum Gasteiger partial charge on any atom is -0.395 e. The smallest absolute Gasteiger partial charge is 0.249 e. The lowest BCUT2D eigenvalue weighted by Gasteiger charge is -2.29. The van der Waals surface area contributed by atoms with Gasteiger partial charge in [-0.25, -0.2) is 30.4 Å². The first-order valence-electron chi connectivity index (χ1n) is 7.95. The van der Waals surface area contributed by atoms with Crippen LogP contribution in [0.4, 0.5) is 22.0 Å². The summed E-state index contributed by atoms with van der Waals surface area (Å²) in [4.78, 5) is -1.96. The van der Waals surface area contributed by atoms with Crippen LogP contribution in [-0.4, -0.2) is 30.5 Å². The topological polar surface area (TPSA) is 57.6 Å².